The number of aryl methyl sites for hydroxylation is 1. The predicted octanol–water partition coefficient (Wildman–Crippen LogP) is 12.5. The zero-order valence-electron chi connectivity index (χ0n) is 30.1. The Kier molecular flexibility index (Phi) is 6.95. The predicted molar refractivity (Wildman–Crippen MR) is 221 cm³/mol. The molecule has 0 N–H and O–H groups in total. The van der Waals surface area contributed by atoms with Gasteiger partial charge in [-0.3, -0.25) is 0 Å². The van der Waals surface area contributed by atoms with Crippen LogP contribution in [0.4, 0.5) is 0 Å². The molecular weight excluding hydrogens is 671 g/mol. The van der Waals surface area contributed by atoms with E-state index in [2.05, 4.69) is 182 Å². The maximum Gasteiger partial charge on any atom is 0.163 e. The number of para-hydroxylation sites is 2. The van der Waals surface area contributed by atoms with Gasteiger partial charge in [0.25, 0.3) is 0 Å². The molecule has 1 aliphatic heterocycles. The summed E-state index contributed by atoms with van der Waals surface area (Å²) in [6, 6.07) is 64.8. The fourth-order valence-electron chi connectivity index (χ4n) is 8.86. The zero-order valence-corrected chi connectivity index (χ0v) is 30.1. The maximum atomic E-state index is 6.53. The molecule has 9 aromatic rings. The van der Waals surface area contributed by atoms with Crippen molar-refractivity contribution in [1.29, 1.82) is 0 Å². The van der Waals surface area contributed by atoms with Gasteiger partial charge in [0, 0.05) is 22.3 Å². The molecule has 4 nitrogen and oxygen atoms in total. The fourth-order valence-corrected chi connectivity index (χ4v) is 8.86. The first-order valence-electron chi connectivity index (χ1n) is 18.7. The smallest absolute Gasteiger partial charge is 0.163 e. The lowest BCUT2D eigenvalue weighted by Gasteiger charge is -2.39. The van der Waals surface area contributed by atoms with Crippen LogP contribution in [0.3, 0.4) is 0 Å². The summed E-state index contributed by atoms with van der Waals surface area (Å²) in [5, 5.41) is 2.47. The molecule has 55 heavy (non-hydrogen) atoms. The van der Waals surface area contributed by atoms with Crippen molar-refractivity contribution in [3.05, 3.63) is 210 Å². The summed E-state index contributed by atoms with van der Waals surface area (Å²) < 4.78 is 6.53. The zero-order chi connectivity index (χ0) is 36.5. The Hall–Kier alpha value is -7.17. The van der Waals surface area contributed by atoms with Gasteiger partial charge in [-0.15, -0.1) is 0 Å². The minimum atomic E-state index is -0.500. The summed E-state index contributed by atoms with van der Waals surface area (Å²) in [4.78, 5) is 14.5. The minimum absolute atomic E-state index is 0.500. The molecule has 0 bridgehead atoms. The van der Waals surface area contributed by atoms with Crippen molar-refractivity contribution in [3.8, 4) is 67.7 Å². The van der Waals surface area contributed by atoms with Crippen LogP contribution in [-0.2, 0) is 5.41 Å². The van der Waals surface area contributed by atoms with Crippen LogP contribution in [0.15, 0.2) is 182 Å². The van der Waals surface area contributed by atoms with Crippen molar-refractivity contribution in [3.63, 3.8) is 0 Å². The highest BCUT2D eigenvalue weighted by Crippen LogP contribution is 2.63. The number of hydrogen-bond acceptors (Lipinski definition) is 4. The normalized spacial score (nSPS) is 13.1. The van der Waals surface area contributed by atoms with Crippen LogP contribution in [0.25, 0.3) is 66.9 Å². The number of nitrogens with zero attached hydrogens (tertiary/aromatic N) is 3. The Bertz CT molecular complexity index is 2920. The van der Waals surface area contributed by atoms with Gasteiger partial charge in [-0.2, -0.15) is 0 Å². The average molecular weight is 704 g/mol. The lowest BCUT2D eigenvalue weighted by atomic mass is 9.66. The van der Waals surface area contributed by atoms with Gasteiger partial charge in [-0.05, 0) is 80.4 Å². The molecular formula is C51H33N3O. The fraction of sp³-hybridized carbons (Fsp3) is 0.0392. The summed E-state index contributed by atoms with van der Waals surface area (Å²) >= 11 is 0. The summed E-state index contributed by atoms with van der Waals surface area (Å²) in [6.45, 7) is 1.93. The largest absolute Gasteiger partial charge is 0.457 e. The van der Waals surface area contributed by atoms with E-state index in [1.54, 1.807) is 0 Å². The third kappa shape index (κ3) is 4.81. The van der Waals surface area contributed by atoms with Crippen molar-refractivity contribution in [1.82, 2.24) is 15.0 Å². The van der Waals surface area contributed by atoms with Crippen LogP contribution >= 0.6 is 0 Å². The van der Waals surface area contributed by atoms with Crippen LogP contribution in [0, 0.1) is 6.92 Å². The molecule has 0 saturated carbocycles. The molecule has 1 aromatic heterocycles. The van der Waals surface area contributed by atoms with Crippen LogP contribution in [0.2, 0.25) is 0 Å². The van der Waals surface area contributed by atoms with Crippen LogP contribution in [-0.4, -0.2) is 15.0 Å². The molecule has 0 amide bonds. The van der Waals surface area contributed by atoms with Crippen LogP contribution < -0.4 is 4.74 Å². The van der Waals surface area contributed by atoms with E-state index in [4.69, 9.17) is 19.7 Å². The first-order valence-corrected chi connectivity index (χ1v) is 18.7. The first kappa shape index (κ1) is 31.4. The van der Waals surface area contributed by atoms with Gasteiger partial charge in [0.05, 0.1) is 5.41 Å². The van der Waals surface area contributed by atoms with Gasteiger partial charge in [0.15, 0.2) is 11.6 Å². The van der Waals surface area contributed by atoms with Crippen LogP contribution in [0.1, 0.15) is 28.1 Å². The molecule has 0 radical (unpaired) electrons. The lowest BCUT2D eigenvalue weighted by molar-refractivity contribution is 0.436. The van der Waals surface area contributed by atoms with E-state index in [0.717, 1.165) is 44.9 Å². The Labute approximate surface area is 319 Å². The van der Waals surface area contributed by atoms with Crippen molar-refractivity contribution >= 4 is 10.8 Å². The SMILES string of the molecule is Cc1nc(-c2ccc(-c3ccc4ccccc4c3)cc2)nc(-c2ccc(-c3cccc4c3-c3ccccc3C43c4ccccc4Oc4ccccc43)cc2)n1. The second kappa shape index (κ2) is 12.2. The molecule has 8 aromatic carbocycles. The van der Waals surface area contributed by atoms with Crippen LogP contribution in [0.5, 0.6) is 11.5 Å². The summed E-state index contributed by atoms with van der Waals surface area (Å²) in [7, 11) is 0. The summed E-state index contributed by atoms with van der Waals surface area (Å²) in [6.07, 6.45) is 0. The molecule has 4 heteroatoms. The molecule has 0 fully saturated rings. The standard InChI is InChI=1S/C51H33N3O/c1-32-52-49(36-26-21-34(22-27-36)39-30-23-33-11-2-3-12-38(33)31-39)54-50(53-32)37-28-24-35(25-29-37)40-14-10-18-45-48(40)41-13-4-5-15-42(41)51(45)43-16-6-8-19-46(43)55-47-20-9-7-17-44(47)51/h2-31H,1H3. The Morgan fingerprint density at radius 2 is 0.891 bits per heavy atom. The summed E-state index contributed by atoms with van der Waals surface area (Å²) in [5.41, 5.74) is 13.4. The number of hydrogen-bond donors (Lipinski definition) is 0. The molecule has 0 saturated heterocycles. The average Bonchev–Trinajstić information content (AvgIpc) is 3.54. The first-order chi connectivity index (χ1) is 27.1. The van der Waals surface area contributed by atoms with Gasteiger partial charge in [0.2, 0.25) is 0 Å². The van der Waals surface area contributed by atoms with Gasteiger partial charge >= 0.3 is 0 Å². The van der Waals surface area contributed by atoms with Crippen molar-refractivity contribution in [2.45, 2.75) is 12.3 Å². The highest BCUT2D eigenvalue weighted by Gasteiger charge is 2.51. The molecule has 258 valence electrons. The Morgan fingerprint density at radius 3 is 1.58 bits per heavy atom. The third-order valence-electron chi connectivity index (χ3n) is 11.3. The highest BCUT2D eigenvalue weighted by molar-refractivity contribution is 5.96. The van der Waals surface area contributed by atoms with E-state index in [-0.39, 0.29) is 0 Å². The quantitative estimate of drug-likeness (QED) is 0.183. The van der Waals surface area contributed by atoms with Crippen molar-refractivity contribution in [2.75, 3.05) is 0 Å². The number of rotatable bonds is 4. The number of benzene rings is 8. The van der Waals surface area contributed by atoms with Gasteiger partial charge in [0.1, 0.15) is 17.3 Å². The van der Waals surface area contributed by atoms with E-state index >= 15 is 0 Å². The molecule has 0 atom stereocenters. The second-order valence-electron chi connectivity index (χ2n) is 14.4. The van der Waals surface area contributed by atoms with Gasteiger partial charge in [-0.1, -0.05) is 164 Å². The molecule has 1 aliphatic carbocycles. The number of fused-ring (bicyclic) bond motifs is 10. The van der Waals surface area contributed by atoms with E-state index < -0.39 is 5.41 Å². The molecule has 2 heterocycles. The molecule has 11 rings (SSSR count). The molecule has 1 spiro atoms. The van der Waals surface area contributed by atoms with E-state index in [0.29, 0.717) is 17.5 Å². The number of aromatic nitrogens is 3. The third-order valence-corrected chi connectivity index (χ3v) is 11.3. The van der Waals surface area contributed by atoms with Gasteiger partial charge < -0.3 is 4.74 Å². The van der Waals surface area contributed by atoms with E-state index in [1.165, 1.54) is 44.2 Å². The van der Waals surface area contributed by atoms with E-state index in [9.17, 15) is 0 Å². The maximum absolute atomic E-state index is 6.53. The van der Waals surface area contributed by atoms with E-state index in [1.807, 2.05) is 6.92 Å². The lowest BCUT2D eigenvalue weighted by Crippen LogP contribution is -2.32. The topological polar surface area (TPSA) is 47.9 Å². The highest BCUT2D eigenvalue weighted by atomic mass is 16.5. The summed E-state index contributed by atoms with van der Waals surface area (Å²) in [5.74, 6) is 3.79. The molecule has 0 unspecified atom stereocenters. The number of ether oxygens (including phenoxy) is 1. The Balaban J connectivity index is 0.972. The monoisotopic (exact) mass is 703 g/mol. The van der Waals surface area contributed by atoms with Crippen molar-refractivity contribution in [2.24, 2.45) is 0 Å². The van der Waals surface area contributed by atoms with Crippen molar-refractivity contribution < 1.29 is 4.74 Å². The second-order valence-corrected chi connectivity index (χ2v) is 14.4. The van der Waals surface area contributed by atoms with Gasteiger partial charge in [-0.25, -0.2) is 15.0 Å². The minimum Gasteiger partial charge on any atom is -0.457 e. The Morgan fingerprint density at radius 1 is 0.382 bits per heavy atom. The molecule has 2 aliphatic rings.